The van der Waals surface area contributed by atoms with Crippen molar-refractivity contribution in [2.45, 2.75) is 6.92 Å². The first-order valence-electron chi connectivity index (χ1n) is 6.58. The van der Waals surface area contributed by atoms with Gasteiger partial charge in [-0.15, -0.1) is 0 Å². The van der Waals surface area contributed by atoms with Gasteiger partial charge in [0.2, 0.25) is 0 Å². The lowest BCUT2D eigenvalue weighted by molar-refractivity contribution is 0.0594. The van der Waals surface area contributed by atoms with E-state index in [1.807, 2.05) is 30.3 Å². The van der Waals surface area contributed by atoms with E-state index in [9.17, 15) is 4.79 Å². The largest absolute Gasteiger partial charge is 0.464 e. The second kappa shape index (κ2) is 5.37. The van der Waals surface area contributed by atoms with E-state index in [0.717, 1.165) is 22.0 Å². The van der Waals surface area contributed by atoms with Gasteiger partial charge in [0.1, 0.15) is 5.69 Å². The van der Waals surface area contributed by atoms with E-state index in [1.54, 1.807) is 3.59 Å². The summed E-state index contributed by atoms with van der Waals surface area (Å²) in [6.45, 7) is 2.08. The summed E-state index contributed by atoms with van der Waals surface area (Å²) in [5.41, 5.74) is 4.89. The van der Waals surface area contributed by atoms with Crippen LogP contribution in [0, 0.1) is 6.92 Å². The van der Waals surface area contributed by atoms with Gasteiger partial charge in [0, 0.05) is 5.39 Å². The third-order valence-electron chi connectivity index (χ3n) is 3.62. The molecule has 3 nitrogen and oxygen atoms in total. The van der Waals surface area contributed by atoms with Crippen molar-refractivity contribution in [3.8, 4) is 11.1 Å². The molecular formula is C17H14BrNO2. The molecule has 4 heteroatoms. The lowest BCUT2D eigenvalue weighted by atomic mass is 9.98. The van der Waals surface area contributed by atoms with Gasteiger partial charge >= 0.3 is 5.97 Å². The second-order valence-corrected chi connectivity index (χ2v) is 5.56. The van der Waals surface area contributed by atoms with Crippen molar-refractivity contribution >= 4 is 33.0 Å². The van der Waals surface area contributed by atoms with Crippen LogP contribution in [0.3, 0.4) is 0 Å². The number of ether oxygens (including phenoxy) is 1. The maximum absolute atomic E-state index is 11.8. The van der Waals surface area contributed by atoms with Crippen LogP contribution < -0.4 is 0 Å². The number of rotatable bonds is 2. The number of aromatic nitrogens is 1. The lowest BCUT2D eigenvalue weighted by Gasteiger charge is -2.07. The van der Waals surface area contributed by atoms with Crippen molar-refractivity contribution in [3.05, 3.63) is 59.8 Å². The average Bonchev–Trinajstić information content (AvgIpc) is 2.85. The highest BCUT2D eigenvalue weighted by molar-refractivity contribution is 9.08. The SMILES string of the molecule is COC(=O)c1cc2c(-c3ccccc3C)cccc2n1Br. The van der Waals surface area contributed by atoms with Gasteiger partial charge in [-0.05, 0) is 35.7 Å². The fourth-order valence-electron chi connectivity index (χ4n) is 2.55. The molecule has 0 radical (unpaired) electrons. The number of aryl methyl sites for hydroxylation is 1. The molecule has 0 bridgehead atoms. The third-order valence-corrected chi connectivity index (χ3v) is 4.38. The molecule has 0 fully saturated rings. The van der Waals surface area contributed by atoms with Crippen molar-refractivity contribution in [1.29, 1.82) is 0 Å². The molecule has 1 heterocycles. The maximum Gasteiger partial charge on any atom is 0.355 e. The summed E-state index contributed by atoms with van der Waals surface area (Å²) in [4.78, 5) is 11.8. The molecule has 3 rings (SSSR count). The van der Waals surface area contributed by atoms with Crippen LogP contribution >= 0.6 is 16.1 Å². The average molecular weight is 344 g/mol. The summed E-state index contributed by atoms with van der Waals surface area (Å²) in [5, 5.41) is 1.02. The number of nitrogens with zero attached hydrogens (tertiary/aromatic N) is 1. The fraction of sp³-hybridized carbons (Fsp3) is 0.118. The van der Waals surface area contributed by atoms with Crippen molar-refractivity contribution < 1.29 is 9.53 Å². The zero-order chi connectivity index (χ0) is 15.0. The number of methoxy groups -OCH3 is 1. The van der Waals surface area contributed by atoms with Gasteiger partial charge < -0.3 is 4.74 Å². The monoisotopic (exact) mass is 343 g/mol. The molecule has 0 amide bonds. The van der Waals surface area contributed by atoms with E-state index >= 15 is 0 Å². The second-order valence-electron chi connectivity index (χ2n) is 4.86. The van der Waals surface area contributed by atoms with Crippen molar-refractivity contribution in [2.24, 2.45) is 0 Å². The third kappa shape index (κ3) is 2.25. The molecule has 0 aliphatic heterocycles. The molecule has 0 unspecified atom stereocenters. The smallest absolute Gasteiger partial charge is 0.355 e. The molecule has 2 aromatic carbocycles. The Hall–Kier alpha value is -2.07. The molecular weight excluding hydrogens is 330 g/mol. The molecule has 0 aliphatic carbocycles. The van der Waals surface area contributed by atoms with Gasteiger partial charge in [-0.2, -0.15) is 0 Å². The van der Waals surface area contributed by atoms with Crippen molar-refractivity contribution in [1.82, 2.24) is 3.59 Å². The van der Waals surface area contributed by atoms with Gasteiger partial charge in [-0.3, -0.25) is 3.59 Å². The zero-order valence-corrected chi connectivity index (χ0v) is 13.3. The van der Waals surface area contributed by atoms with Crippen LogP contribution in [-0.4, -0.2) is 16.7 Å². The predicted molar refractivity (Wildman–Crippen MR) is 87.8 cm³/mol. The van der Waals surface area contributed by atoms with Crippen molar-refractivity contribution in [2.75, 3.05) is 7.11 Å². The molecule has 0 atom stereocenters. The van der Waals surface area contributed by atoms with Crippen LogP contribution in [0.5, 0.6) is 0 Å². The van der Waals surface area contributed by atoms with Crippen LogP contribution in [0.4, 0.5) is 0 Å². The quantitative estimate of drug-likeness (QED) is 0.638. The molecule has 3 aromatic rings. The Balaban J connectivity index is 2.31. The first-order valence-corrected chi connectivity index (χ1v) is 7.29. The summed E-state index contributed by atoms with van der Waals surface area (Å²) in [5.74, 6) is -0.362. The van der Waals surface area contributed by atoms with Gasteiger partial charge in [0.15, 0.2) is 0 Å². The summed E-state index contributed by atoms with van der Waals surface area (Å²) >= 11 is 3.43. The van der Waals surface area contributed by atoms with Gasteiger partial charge in [-0.1, -0.05) is 36.4 Å². The fourth-order valence-corrected chi connectivity index (χ4v) is 3.11. The predicted octanol–water partition coefficient (Wildman–Crippen LogP) is 4.56. The highest BCUT2D eigenvalue weighted by atomic mass is 79.9. The van der Waals surface area contributed by atoms with Gasteiger partial charge in [0.25, 0.3) is 0 Å². The van der Waals surface area contributed by atoms with E-state index in [0.29, 0.717) is 5.69 Å². The summed E-state index contributed by atoms with van der Waals surface area (Å²) in [6.07, 6.45) is 0. The molecule has 0 aliphatic rings. The minimum atomic E-state index is -0.362. The number of hydrogen-bond acceptors (Lipinski definition) is 2. The normalized spacial score (nSPS) is 10.8. The van der Waals surface area contributed by atoms with Crippen LogP contribution in [0.1, 0.15) is 16.1 Å². The van der Waals surface area contributed by atoms with E-state index in [4.69, 9.17) is 4.74 Å². The van der Waals surface area contributed by atoms with E-state index in [-0.39, 0.29) is 5.97 Å². The summed E-state index contributed by atoms with van der Waals surface area (Å²) in [7, 11) is 1.38. The molecule has 0 spiro atoms. The highest BCUT2D eigenvalue weighted by Crippen LogP contribution is 2.33. The zero-order valence-electron chi connectivity index (χ0n) is 11.8. The Morgan fingerprint density at radius 3 is 2.52 bits per heavy atom. The number of fused-ring (bicyclic) bond motifs is 1. The summed E-state index contributed by atoms with van der Waals surface area (Å²) in [6, 6.07) is 16.1. The standard InChI is InChI=1S/C17H14BrNO2/c1-11-6-3-4-7-12(11)13-8-5-9-15-14(13)10-16(19(15)18)17(20)21-2/h3-10H,1-2H3. The number of benzene rings is 2. The lowest BCUT2D eigenvalue weighted by Crippen LogP contribution is -2.03. The minimum Gasteiger partial charge on any atom is -0.464 e. The first kappa shape index (κ1) is 13.9. The van der Waals surface area contributed by atoms with E-state index in [1.165, 1.54) is 12.7 Å². The summed E-state index contributed by atoms with van der Waals surface area (Å²) < 4.78 is 6.52. The number of carbonyl (C=O) groups is 1. The molecule has 1 aromatic heterocycles. The van der Waals surface area contributed by atoms with Gasteiger partial charge in [-0.25, -0.2) is 4.79 Å². The van der Waals surface area contributed by atoms with E-state index in [2.05, 4.69) is 41.3 Å². The van der Waals surface area contributed by atoms with Crippen LogP contribution in [-0.2, 0) is 4.74 Å². The van der Waals surface area contributed by atoms with Crippen LogP contribution in [0.15, 0.2) is 48.5 Å². The van der Waals surface area contributed by atoms with Crippen LogP contribution in [0.2, 0.25) is 0 Å². The van der Waals surface area contributed by atoms with E-state index < -0.39 is 0 Å². The molecule has 0 saturated heterocycles. The van der Waals surface area contributed by atoms with Gasteiger partial charge in [0.05, 0.1) is 28.8 Å². The molecule has 21 heavy (non-hydrogen) atoms. The Morgan fingerprint density at radius 1 is 1.10 bits per heavy atom. The Bertz CT molecular complexity index is 836. The highest BCUT2D eigenvalue weighted by Gasteiger charge is 2.17. The molecule has 106 valence electrons. The Labute approximate surface area is 131 Å². The number of hydrogen-bond donors (Lipinski definition) is 0. The molecule has 0 saturated carbocycles. The number of carbonyl (C=O) groups excluding carboxylic acids is 1. The topological polar surface area (TPSA) is 31.2 Å². The Kier molecular flexibility index (Phi) is 3.55. The molecule has 0 N–H and O–H groups in total. The minimum absolute atomic E-state index is 0.362. The number of esters is 1. The Morgan fingerprint density at radius 2 is 1.81 bits per heavy atom. The maximum atomic E-state index is 11.8. The first-order chi connectivity index (χ1) is 10.1. The number of halogens is 1. The van der Waals surface area contributed by atoms with Crippen LogP contribution in [0.25, 0.3) is 22.0 Å². The van der Waals surface area contributed by atoms with Crippen molar-refractivity contribution in [3.63, 3.8) is 0 Å².